The average Bonchev–Trinajstić information content (AvgIpc) is 3.34. The van der Waals surface area contributed by atoms with Crippen molar-refractivity contribution in [1.82, 2.24) is 19.6 Å². The summed E-state index contributed by atoms with van der Waals surface area (Å²) < 4.78 is 12.3. The quantitative estimate of drug-likeness (QED) is 0.505. The second-order valence-corrected chi connectivity index (χ2v) is 6.32. The lowest BCUT2D eigenvalue weighted by atomic mass is 10.2. The molecule has 0 N–H and O–H groups in total. The number of methoxy groups -OCH3 is 1. The highest BCUT2D eigenvalue weighted by atomic mass is 32.1. The number of hydrogen-bond acceptors (Lipinski definition) is 7. The molecule has 130 valence electrons. The number of esters is 1. The van der Waals surface area contributed by atoms with Crippen LogP contribution >= 0.6 is 11.3 Å². The standard InChI is InChI=1S/C18H14N4O3S/c1-24-15-4-2-3-12(7-15)17-20-14(10-26-17)9-25-18(23)13-5-6-16-21-19-11-22(16)8-13/h2-8,10-11H,9H2,1H3. The van der Waals surface area contributed by atoms with Crippen LogP contribution in [0, 0.1) is 0 Å². The van der Waals surface area contributed by atoms with Crippen molar-refractivity contribution in [2.75, 3.05) is 7.11 Å². The zero-order valence-corrected chi connectivity index (χ0v) is 14.6. The fourth-order valence-corrected chi connectivity index (χ4v) is 3.23. The molecular formula is C18H14N4O3S. The third-order valence-electron chi connectivity index (χ3n) is 3.75. The first-order valence-corrected chi connectivity index (χ1v) is 8.66. The Morgan fingerprint density at radius 2 is 2.19 bits per heavy atom. The van der Waals surface area contributed by atoms with Gasteiger partial charge in [-0.15, -0.1) is 21.5 Å². The Labute approximate surface area is 152 Å². The molecule has 8 heteroatoms. The highest BCUT2D eigenvalue weighted by Gasteiger charge is 2.11. The number of benzene rings is 1. The van der Waals surface area contributed by atoms with Crippen LogP contribution in [0.3, 0.4) is 0 Å². The van der Waals surface area contributed by atoms with Gasteiger partial charge in [-0.05, 0) is 24.3 Å². The second-order valence-electron chi connectivity index (χ2n) is 5.47. The lowest BCUT2D eigenvalue weighted by Crippen LogP contribution is -2.06. The molecule has 0 saturated heterocycles. The van der Waals surface area contributed by atoms with E-state index in [1.165, 1.54) is 17.7 Å². The van der Waals surface area contributed by atoms with Gasteiger partial charge in [-0.2, -0.15) is 0 Å². The van der Waals surface area contributed by atoms with E-state index in [1.807, 2.05) is 29.6 Å². The molecule has 4 rings (SSSR count). The molecular weight excluding hydrogens is 352 g/mol. The van der Waals surface area contributed by atoms with Crippen LogP contribution in [0.2, 0.25) is 0 Å². The Morgan fingerprint density at radius 1 is 1.27 bits per heavy atom. The molecule has 7 nitrogen and oxygen atoms in total. The van der Waals surface area contributed by atoms with Gasteiger partial charge in [0.05, 0.1) is 18.4 Å². The van der Waals surface area contributed by atoms with Crippen molar-refractivity contribution in [3.05, 3.63) is 65.6 Å². The molecule has 0 saturated carbocycles. The largest absolute Gasteiger partial charge is 0.497 e. The summed E-state index contributed by atoms with van der Waals surface area (Å²) in [4.78, 5) is 16.8. The van der Waals surface area contributed by atoms with Crippen LogP contribution in [0.1, 0.15) is 16.1 Å². The van der Waals surface area contributed by atoms with Gasteiger partial charge < -0.3 is 9.47 Å². The maximum Gasteiger partial charge on any atom is 0.340 e. The minimum atomic E-state index is -0.420. The van der Waals surface area contributed by atoms with E-state index < -0.39 is 5.97 Å². The SMILES string of the molecule is COc1cccc(-c2nc(COC(=O)c3ccc4nncn4c3)cs2)c1. The number of ether oxygens (including phenoxy) is 2. The van der Waals surface area contributed by atoms with Gasteiger partial charge in [-0.25, -0.2) is 9.78 Å². The van der Waals surface area contributed by atoms with E-state index in [0.29, 0.717) is 16.9 Å². The third-order valence-corrected chi connectivity index (χ3v) is 4.69. The number of carbonyl (C=O) groups excluding carboxylic acids is 1. The van der Waals surface area contributed by atoms with E-state index >= 15 is 0 Å². The summed E-state index contributed by atoms with van der Waals surface area (Å²) in [6.07, 6.45) is 3.17. The predicted octanol–water partition coefficient (Wildman–Crippen LogP) is 3.22. The Balaban J connectivity index is 1.44. The monoisotopic (exact) mass is 366 g/mol. The zero-order valence-electron chi connectivity index (χ0n) is 13.8. The van der Waals surface area contributed by atoms with E-state index in [4.69, 9.17) is 9.47 Å². The van der Waals surface area contributed by atoms with Gasteiger partial charge in [0.1, 0.15) is 23.7 Å². The molecule has 0 atom stereocenters. The summed E-state index contributed by atoms with van der Waals surface area (Å²) in [5, 5.41) is 10.4. The normalized spacial score (nSPS) is 10.8. The molecule has 0 bridgehead atoms. The Bertz CT molecular complexity index is 1070. The van der Waals surface area contributed by atoms with Crippen LogP contribution in [0.25, 0.3) is 16.2 Å². The third kappa shape index (κ3) is 3.27. The van der Waals surface area contributed by atoms with Gasteiger partial charge in [-0.3, -0.25) is 4.40 Å². The number of rotatable bonds is 5. The average molecular weight is 366 g/mol. The van der Waals surface area contributed by atoms with Crippen molar-refractivity contribution >= 4 is 23.0 Å². The maximum absolute atomic E-state index is 12.2. The number of pyridine rings is 1. The highest BCUT2D eigenvalue weighted by molar-refractivity contribution is 7.13. The van der Waals surface area contributed by atoms with Crippen LogP contribution in [0.5, 0.6) is 5.75 Å². The van der Waals surface area contributed by atoms with E-state index in [1.54, 1.807) is 29.8 Å². The molecule has 0 aliphatic carbocycles. The summed E-state index contributed by atoms with van der Waals surface area (Å²) in [6, 6.07) is 11.1. The van der Waals surface area contributed by atoms with Crippen LogP contribution in [0.15, 0.2) is 54.3 Å². The summed E-state index contributed by atoms with van der Waals surface area (Å²) in [5.41, 5.74) is 2.76. The van der Waals surface area contributed by atoms with E-state index in [2.05, 4.69) is 15.2 Å². The summed E-state index contributed by atoms with van der Waals surface area (Å²) in [7, 11) is 1.63. The van der Waals surface area contributed by atoms with Gasteiger partial charge in [0.2, 0.25) is 0 Å². The van der Waals surface area contributed by atoms with E-state index in [9.17, 15) is 4.79 Å². The molecule has 0 radical (unpaired) electrons. The van der Waals surface area contributed by atoms with Crippen molar-refractivity contribution in [2.24, 2.45) is 0 Å². The number of hydrogen-bond donors (Lipinski definition) is 0. The Kier molecular flexibility index (Phi) is 4.32. The van der Waals surface area contributed by atoms with Crippen LogP contribution in [-0.2, 0) is 11.3 Å². The molecule has 4 aromatic rings. The van der Waals surface area contributed by atoms with E-state index in [-0.39, 0.29) is 6.61 Å². The summed E-state index contributed by atoms with van der Waals surface area (Å²) in [5.74, 6) is 0.353. The fraction of sp³-hybridized carbons (Fsp3) is 0.111. The molecule has 0 aliphatic rings. The minimum absolute atomic E-state index is 0.111. The number of aromatic nitrogens is 4. The molecule has 1 aromatic carbocycles. The van der Waals surface area contributed by atoms with Crippen molar-refractivity contribution in [1.29, 1.82) is 0 Å². The second kappa shape index (κ2) is 6.93. The topological polar surface area (TPSA) is 78.6 Å². The molecule has 0 unspecified atom stereocenters. The first-order chi connectivity index (χ1) is 12.7. The predicted molar refractivity (Wildman–Crippen MR) is 96.2 cm³/mol. The fourth-order valence-electron chi connectivity index (χ4n) is 2.43. The first kappa shape index (κ1) is 16.2. The van der Waals surface area contributed by atoms with Gasteiger partial charge in [0.15, 0.2) is 5.65 Å². The molecule has 26 heavy (non-hydrogen) atoms. The molecule has 0 fully saturated rings. The molecule has 0 amide bonds. The number of nitrogens with zero attached hydrogens (tertiary/aromatic N) is 4. The molecule has 0 aliphatic heterocycles. The van der Waals surface area contributed by atoms with Crippen molar-refractivity contribution < 1.29 is 14.3 Å². The lowest BCUT2D eigenvalue weighted by molar-refractivity contribution is 0.0468. The van der Waals surface area contributed by atoms with Crippen LogP contribution < -0.4 is 4.74 Å². The van der Waals surface area contributed by atoms with E-state index in [0.717, 1.165) is 16.3 Å². The number of fused-ring (bicyclic) bond motifs is 1. The summed E-state index contributed by atoms with van der Waals surface area (Å²) >= 11 is 1.49. The molecule has 3 aromatic heterocycles. The lowest BCUT2D eigenvalue weighted by Gasteiger charge is -2.03. The first-order valence-electron chi connectivity index (χ1n) is 7.78. The molecule has 3 heterocycles. The smallest absolute Gasteiger partial charge is 0.340 e. The van der Waals surface area contributed by atoms with Gasteiger partial charge in [-0.1, -0.05) is 12.1 Å². The number of thiazole rings is 1. The van der Waals surface area contributed by atoms with Crippen LogP contribution in [-0.4, -0.2) is 32.7 Å². The minimum Gasteiger partial charge on any atom is -0.497 e. The van der Waals surface area contributed by atoms with Crippen molar-refractivity contribution in [3.63, 3.8) is 0 Å². The van der Waals surface area contributed by atoms with Crippen molar-refractivity contribution in [2.45, 2.75) is 6.61 Å². The Morgan fingerprint density at radius 3 is 3.08 bits per heavy atom. The number of carbonyl (C=O) groups is 1. The van der Waals surface area contributed by atoms with Gasteiger partial charge >= 0.3 is 5.97 Å². The van der Waals surface area contributed by atoms with Gasteiger partial charge in [0, 0.05) is 17.1 Å². The zero-order chi connectivity index (χ0) is 17.9. The Hall–Kier alpha value is -3.26. The maximum atomic E-state index is 12.2. The van der Waals surface area contributed by atoms with Crippen molar-refractivity contribution in [3.8, 4) is 16.3 Å². The van der Waals surface area contributed by atoms with Gasteiger partial charge in [0.25, 0.3) is 0 Å². The summed E-state index contributed by atoms with van der Waals surface area (Å²) in [6.45, 7) is 0.111. The molecule has 0 spiro atoms. The highest BCUT2D eigenvalue weighted by Crippen LogP contribution is 2.27. The van der Waals surface area contributed by atoms with Crippen LogP contribution in [0.4, 0.5) is 0 Å².